The van der Waals surface area contributed by atoms with Gasteiger partial charge >= 0.3 is 0 Å². The Balaban J connectivity index is 1.94. The van der Waals surface area contributed by atoms with Crippen molar-refractivity contribution >= 4 is 0 Å². The zero-order valence-electron chi connectivity index (χ0n) is 11.3. The fraction of sp³-hybridized carbons (Fsp3) is 0.375. The van der Waals surface area contributed by atoms with E-state index in [0.29, 0.717) is 5.76 Å². The Kier molecular flexibility index (Phi) is 3.54. The van der Waals surface area contributed by atoms with Gasteiger partial charge in [0.2, 0.25) is 0 Å². The average Bonchev–Trinajstić information content (AvgIpc) is 2.78. The van der Waals surface area contributed by atoms with Gasteiger partial charge in [-0.25, -0.2) is 0 Å². The summed E-state index contributed by atoms with van der Waals surface area (Å²) in [5, 5.41) is 10.8. The van der Waals surface area contributed by atoms with E-state index < -0.39 is 0 Å². The average molecular weight is 271 g/mol. The van der Waals surface area contributed by atoms with Gasteiger partial charge in [0, 0.05) is 16.9 Å². The molecule has 0 saturated heterocycles. The van der Waals surface area contributed by atoms with E-state index >= 15 is 0 Å². The summed E-state index contributed by atoms with van der Waals surface area (Å²) >= 11 is 0. The van der Waals surface area contributed by atoms with E-state index in [4.69, 9.17) is 4.42 Å². The summed E-state index contributed by atoms with van der Waals surface area (Å²) in [4.78, 5) is 10.5. The fourth-order valence-electron chi connectivity index (χ4n) is 2.96. The van der Waals surface area contributed by atoms with E-state index in [9.17, 15) is 10.1 Å². The molecule has 1 aliphatic rings. The lowest BCUT2D eigenvalue weighted by atomic mass is 9.91. The van der Waals surface area contributed by atoms with E-state index in [-0.39, 0.29) is 11.5 Å². The Bertz CT molecular complexity index is 616. The summed E-state index contributed by atoms with van der Waals surface area (Å²) in [5.74, 6) is 1.48. The van der Waals surface area contributed by atoms with Gasteiger partial charge in [-0.05, 0) is 36.8 Å². The van der Waals surface area contributed by atoms with Gasteiger partial charge in [-0.1, -0.05) is 30.3 Å². The molecule has 0 N–H and O–H groups in total. The summed E-state index contributed by atoms with van der Waals surface area (Å²) in [6.07, 6.45) is 4.87. The highest BCUT2D eigenvalue weighted by molar-refractivity contribution is 5.38. The molecule has 1 aromatic heterocycles. The molecule has 20 heavy (non-hydrogen) atoms. The lowest BCUT2D eigenvalue weighted by Gasteiger charge is -2.11. The van der Waals surface area contributed by atoms with Crippen LogP contribution in [0.2, 0.25) is 0 Å². The van der Waals surface area contributed by atoms with Crippen molar-refractivity contribution in [3.05, 3.63) is 68.7 Å². The molecule has 0 atom stereocenters. The third kappa shape index (κ3) is 2.59. The summed E-state index contributed by atoms with van der Waals surface area (Å²) in [6.45, 7) is -0.197. The molecule has 1 aromatic carbocycles. The first-order valence-corrected chi connectivity index (χ1v) is 7.02. The highest BCUT2D eigenvalue weighted by atomic mass is 16.6. The van der Waals surface area contributed by atoms with Crippen molar-refractivity contribution in [2.45, 2.75) is 38.6 Å². The van der Waals surface area contributed by atoms with Gasteiger partial charge in [-0.15, -0.1) is 0 Å². The number of rotatable bonds is 4. The van der Waals surface area contributed by atoms with Gasteiger partial charge in [0.25, 0.3) is 6.54 Å². The number of benzene rings is 1. The van der Waals surface area contributed by atoms with Crippen molar-refractivity contribution in [3.63, 3.8) is 0 Å². The van der Waals surface area contributed by atoms with Crippen LogP contribution >= 0.6 is 0 Å². The quantitative estimate of drug-likeness (QED) is 0.631. The molecule has 0 bridgehead atoms. The largest absolute Gasteiger partial charge is 0.458 e. The molecule has 4 nitrogen and oxygen atoms in total. The van der Waals surface area contributed by atoms with E-state index in [1.807, 2.05) is 18.2 Å². The van der Waals surface area contributed by atoms with Crippen molar-refractivity contribution in [1.29, 1.82) is 0 Å². The van der Waals surface area contributed by atoms with Gasteiger partial charge in [-0.2, -0.15) is 0 Å². The maximum atomic E-state index is 10.8. The van der Waals surface area contributed by atoms with E-state index in [1.54, 1.807) is 0 Å². The standard InChI is InChI=1S/C16H17NO3/c18-17(19)11-16-14-9-5-4-8-13(14)15(20-16)10-12-6-2-1-3-7-12/h1-3,6-7H,4-5,8-11H2. The Morgan fingerprint density at radius 1 is 1.05 bits per heavy atom. The van der Waals surface area contributed by atoms with Crippen LogP contribution in [0.15, 0.2) is 34.7 Å². The molecule has 1 heterocycles. The van der Waals surface area contributed by atoms with Crippen molar-refractivity contribution in [2.24, 2.45) is 0 Å². The fourth-order valence-corrected chi connectivity index (χ4v) is 2.96. The van der Waals surface area contributed by atoms with Crippen molar-refractivity contribution in [3.8, 4) is 0 Å². The molecule has 0 amide bonds. The highest BCUT2D eigenvalue weighted by Gasteiger charge is 2.25. The monoisotopic (exact) mass is 271 g/mol. The number of hydrogen-bond acceptors (Lipinski definition) is 3. The highest BCUT2D eigenvalue weighted by Crippen LogP contribution is 2.32. The lowest BCUT2D eigenvalue weighted by Crippen LogP contribution is -2.05. The summed E-state index contributed by atoms with van der Waals surface area (Å²) in [7, 11) is 0. The molecule has 0 spiro atoms. The summed E-state index contributed by atoms with van der Waals surface area (Å²) in [6, 6.07) is 10.1. The van der Waals surface area contributed by atoms with Crippen molar-refractivity contribution in [2.75, 3.05) is 0 Å². The SMILES string of the molecule is O=[N+]([O-])Cc1oc(Cc2ccccc2)c2c1CCCC2. The Morgan fingerprint density at radius 3 is 2.35 bits per heavy atom. The molecule has 2 aromatic rings. The Morgan fingerprint density at radius 2 is 1.70 bits per heavy atom. The van der Waals surface area contributed by atoms with Crippen molar-refractivity contribution < 1.29 is 9.34 Å². The topological polar surface area (TPSA) is 56.3 Å². The van der Waals surface area contributed by atoms with Crippen LogP contribution in [-0.2, 0) is 25.8 Å². The third-order valence-corrected chi connectivity index (χ3v) is 3.87. The van der Waals surface area contributed by atoms with Gasteiger partial charge in [0.1, 0.15) is 5.76 Å². The van der Waals surface area contributed by atoms with E-state index in [1.165, 1.54) is 11.1 Å². The number of fused-ring (bicyclic) bond motifs is 1. The van der Waals surface area contributed by atoms with Crippen LogP contribution in [0, 0.1) is 10.1 Å². The Hall–Kier alpha value is -2.10. The van der Waals surface area contributed by atoms with Crippen molar-refractivity contribution in [1.82, 2.24) is 0 Å². The van der Waals surface area contributed by atoms with Crippen LogP contribution < -0.4 is 0 Å². The first-order valence-electron chi connectivity index (χ1n) is 7.02. The maximum Gasteiger partial charge on any atom is 0.260 e. The molecule has 0 aliphatic heterocycles. The second-order valence-corrected chi connectivity index (χ2v) is 5.27. The molecule has 1 aliphatic carbocycles. The predicted octanol–water partition coefficient (Wildman–Crippen LogP) is 3.53. The van der Waals surface area contributed by atoms with E-state index in [0.717, 1.165) is 43.4 Å². The van der Waals surface area contributed by atoms with Gasteiger partial charge in [0.15, 0.2) is 5.76 Å². The zero-order valence-corrected chi connectivity index (χ0v) is 11.3. The second kappa shape index (κ2) is 5.49. The second-order valence-electron chi connectivity index (χ2n) is 5.27. The van der Waals surface area contributed by atoms with Crippen LogP contribution in [-0.4, -0.2) is 4.92 Å². The van der Waals surface area contributed by atoms with Crippen LogP contribution in [0.25, 0.3) is 0 Å². The molecular weight excluding hydrogens is 254 g/mol. The molecule has 0 saturated carbocycles. The molecular formula is C16H17NO3. The number of nitro groups is 1. The van der Waals surface area contributed by atoms with Crippen LogP contribution in [0.1, 0.15) is 41.1 Å². The third-order valence-electron chi connectivity index (χ3n) is 3.87. The molecule has 0 radical (unpaired) electrons. The summed E-state index contributed by atoms with van der Waals surface area (Å²) < 4.78 is 5.84. The van der Waals surface area contributed by atoms with Gasteiger partial charge in [-0.3, -0.25) is 10.1 Å². The molecule has 4 heteroatoms. The zero-order chi connectivity index (χ0) is 13.9. The first-order chi connectivity index (χ1) is 9.74. The normalized spacial score (nSPS) is 14.0. The Labute approximate surface area is 117 Å². The van der Waals surface area contributed by atoms with Crippen LogP contribution in [0.3, 0.4) is 0 Å². The molecule has 0 unspecified atom stereocenters. The minimum atomic E-state index is -0.306. The maximum absolute atomic E-state index is 10.8. The predicted molar refractivity (Wildman–Crippen MR) is 75.3 cm³/mol. The number of nitrogens with zero attached hydrogens (tertiary/aromatic N) is 1. The first kappa shape index (κ1) is 12.9. The van der Waals surface area contributed by atoms with Gasteiger partial charge in [0.05, 0.1) is 0 Å². The number of hydrogen-bond donors (Lipinski definition) is 0. The molecule has 0 fully saturated rings. The van der Waals surface area contributed by atoms with Crippen LogP contribution in [0.4, 0.5) is 0 Å². The van der Waals surface area contributed by atoms with Crippen LogP contribution in [0.5, 0.6) is 0 Å². The minimum absolute atomic E-state index is 0.197. The lowest BCUT2D eigenvalue weighted by molar-refractivity contribution is -0.499. The summed E-state index contributed by atoms with van der Waals surface area (Å²) in [5.41, 5.74) is 3.50. The van der Waals surface area contributed by atoms with E-state index in [2.05, 4.69) is 12.1 Å². The molecule has 3 rings (SSSR count). The number of furan rings is 1. The van der Waals surface area contributed by atoms with Gasteiger partial charge < -0.3 is 4.42 Å². The minimum Gasteiger partial charge on any atom is -0.458 e. The smallest absolute Gasteiger partial charge is 0.260 e. The molecule has 104 valence electrons.